The van der Waals surface area contributed by atoms with E-state index in [0.29, 0.717) is 6.42 Å². The fourth-order valence-electron chi connectivity index (χ4n) is 2.66. The molecule has 0 radical (unpaired) electrons. The van der Waals surface area contributed by atoms with Crippen LogP contribution in [0.3, 0.4) is 0 Å². The second-order valence-corrected chi connectivity index (χ2v) is 6.86. The first kappa shape index (κ1) is 24.7. The molecule has 2 nitrogen and oxygen atoms in total. The van der Waals surface area contributed by atoms with Crippen molar-refractivity contribution < 1.29 is 29.4 Å². The average Bonchev–Trinajstić information content (AvgIpc) is 2.47. The SMILES string of the molecule is CCCCCCCCCCCCCCCCC(S)C(=O)O.[Zn]. The maximum atomic E-state index is 10.6. The third kappa shape index (κ3) is 18.5. The van der Waals surface area contributed by atoms with Gasteiger partial charge in [-0.05, 0) is 6.42 Å². The Balaban J connectivity index is 0. The van der Waals surface area contributed by atoms with E-state index in [1.807, 2.05) is 0 Å². The van der Waals surface area contributed by atoms with Gasteiger partial charge in [-0.15, -0.1) is 0 Å². The molecule has 0 fully saturated rings. The molecular weight excluding hydrogens is 346 g/mol. The Labute approximate surface area is 156 Å². The van der Waals surface area contributed by atoms with Crippen molar-refractivity contribution >= 4 is 18.6 Å². The molecule has 0 heterocycles. The van der Waals surface area contributed by atoms with Crippen LogP contribution in [0.5, 0.6) is 0 Å². The van der Waals surface area contributed by atoms with Gasteiger partial charge in [0.1, 0.15) is 0 Å². The molecule has 0 spiro atoms. The van der Waals surface area contributed by atoms with Crippen LogP contribution < -0.4 is 0 Å². The molecule has 22 heavy (non-hydrogen) atoms. The van der Waals surface area contributed by atoms with E-state index < -0.39 is 11.2 Å². The Hall–Kier alpha value is 0.443. The van der Waals surface area contributed by atoms with Crippen LogP contribution in [0.25, 0.3) is 0 Å². The Morgan fingerprint density at radius 2 is 1.09 bits per heavy atom. The molecule has 0 aromatic carbocycles. The van der Waals surface area contributed by atoms with Gasteiger partial charge in [-0.3, -0.25) is 4.79 Å². The van der Waals surface area contributed by atoms with Crippen molar-refractivity contribution in [1.29, 1.82) is 0 Å². The summed E-state index contributed by atoms with van der Waals surface area (Å²) in [5, 5.41) is 8.24. The van der Waals surface area contributed by atoms with Crippen molar-refractivity contribution in [3.8, 4) is 0 Å². The fourth-order valence-corrected chi connectivity index (χ4v) is 2.84. The molecule has 4 heteroatoms. The van der Waals surface area contributed by atoms with E-state index in [2.05, 4.69) is 19.6 Å². The molecule has 1 N–H and O–H groups in total. The van der Waals surface area contributed by atoms with Gasteiger partial charge in [0, 0.05) is 19.5 Å². The Kier molecular flexibility index (Phi) is 21.9. The number of aliphatic carboxylic acids is 1. The minimum absolute atomic E-state index is 0. The third-order valence-electron chi connectivity index (χ3n) is 4.12. The molecule has 128 valence electrons. The first-order valence-corrected chi connectivity index (χ1v) is 9.61. The van der Waals surface area contributed by atoms with Gasteiger partial charge < -0.3 is 5.11 Å². The first-order chi connectivity index (χ1) is 10.2. The molecule has 0 aromatic heterocycles. The zero-order valence-corrected chi connectivity index (χ0v) is 18.6. The van der Waals surface area contributed by atoms with E-state index in [4.69, 9.17) is 5.11 Å². The summed E-state index contributed by atoms with van der Waals surface area (Å²) >= 11 is 4.04. The van der Waals surface area contributed by atoms with Crippen molar-refractivity contribution in [1.82, 2.24) is 0 Å². The molecule has 0 aromatic rings. The van der Waals surface area contributed by atoms with E-state index in [9.17, 15) is 4.79 Å². The molecule has 0 aliphatic carbocycles. The van der Waals surface area contributed by atoms with Gasteiger partial charge in [-0.1, -0.05) is 96.8 Å². The summed E-state index contributed by atoms with van der Waals surface area (Å²) < 4.78 is 0. The van der Waals surface area contributed by atoms with Crippen molar-refractivity contribution in [3.05, 3.63) is 0 Å². The monoisotopic (exact) mass is 380 g/mol. The Morgan fingerprint density at radius 1 is 0.773 bits per heavy atom. The second-order valence-electron chi connectivity index (χ2n) is 6.24. The van der Waals surface area contributed by atoms with Crippen LogP contribution in [-0.4, -0.2) is 16.3 Å². The van der Waals surface area contributed by atoms with Crippen LogP contribution in [0.2, 0.25) is 0 Å². The minimum Gasteiger partial charge on any atom is -0.480 e. The molecule has 0 rings (SSSR count). The zero-order valence-electron chi connectivity index (χ0n) is 14.7. The number of hydrogen-bond donors (Lipinski definition) is 2. The largest absolute Gasteiger partial charge is 0.480 e. The summed E-state index contributed by atoms with van der Waals surface area (Å²) in [6.07, 6.45) is 19.4. The number of hydrogen-bond acceptors (Lipinski definition) is 2. The molecule has 0 saturated carbocycles. The smallest absolute Gasteiger partial charge is 0.316 e. The van der Waals surface area contributed by atoms with Gasteiger partial charge in [-0.2, -0.15) is 12.6 Å². The Bertz CT molecular complexity index is 237. The molecule has 1 atom stereocenters. The van der Waals surface area contributed by atoms with Crippen LogP contribution in [0.1, 0.15) is 103 Å². The van der Waals surface area contributed by atoms with E-state index in [-0.39, 0.29) is 19.5 Å². The number of carboxylic acid groups (broad SMARTS) is 1. The summed E-state index contributed by atoms with van der Waals surface area (Å²) in [7, 11) is 0. The predicted octanol–water partition coefficient (Wildman–Crippen LogP) is 6.24. The summed E-state index contributed by atoms with van der Waals surface area (Å²) in [6.45, 7) is 2.27. The quantitative estimate of drug-likeness (QED) is 0.189. The molecule has 1 unspecified atom stereocenters. The van der Waals surface area contributed by atoms with Crippen LogP contribution in [0.4, 0.5) is 0 Å². The summed E-state index contributed by atoms with van der Waals surface area (Å²) in [4.78, 5) is 10.6. The molecule has 0 aliphatic heterocycles. The normalized spacial score (nSPS) is 11.9. The number of rotatable bonds is 16. The number of thiol groups is 1. The summed E-state index contributed by atoms with van der Waals surface area (Å²) in [6, 6.07) is 0. The molecule has 0 saturated heterocycles. The molecule has 0 aliphatic rings. The van der Waals surface area contributed by atoms with Crippen LogP contribution in [-0.2, 0) is 24.3 Å². The molecular formula is C18H36O2SZn. The first-order valence-electron chi connectivity index (χ1n) is 9.09. The van der Waals surface area contributed by atoms with Gasteiger partial charge in [-0.25, -0.2) is 0 Å². The number of unbranched alkanes of at least 4 members (excludes halogenated alkanes) is 13. The standard InChI is InChI=1S/C18H36O2S.Zn/c1-2-3-4-5-6-7-8-9-10-11-12-13-14-15-16-17(21)18(19)20;/h17,21H,2-16H2,1H3,(H,19,20);. The van der Waals surface area contributed by atoms with E-state index in [1.54, 1.807) is 0 Å². The van der Waals surface area contributed by atoms with Crippen LogP contribution in [0.15, 0.2) is 0 Å². The topological polar surface area (TPSA) is 37.3 Å². The third-order valence-corrected chi connectivity index (χ3v) is 4.60. The van der Waals surface area contributed by atoms with Gasteiger partial charge >= 0.3 is 5.97 Å². The van der Waals surface area contributed by atoms with Gasteiger partial charge in [0.15, 0.2) is 0 Å². The second kappa shape index (κ2) is 19.5. The van der Waals surface area contributed by atoms with E-state index in [0.717, 1.165) is 12.8 Å². The van der Waals surface area contributed by atoms with Crippen molar-refractivity contribution in [3.63, 3.8) is 0 Å². The van der Waals surface area contributed by atoms with Crippen LogP contribution >= 0.6 is 12.6 Å². The van der Waals surface area contributed by atoms with E-state index >= 15 is 0 Å². The Morgan fingerprint density at radius 3 is 1.41 bits per heavy atom. The maximum absolute atomic E-state index is 10.6. The van der Waals surface area contributed by atoms with Gasteiger partial charge in [0.05, 0.1) is 5.25 Å². The summed E-state index contributed by atoms with van der Waals surface area (Å²) in [5.74, 6) is -0.784. The zero-order chi connectivity index (χ0) is 15.8. The van der Waals surface area contributed by atoms with Crippen molar-refractivity contribution in [2.24, 2.45) is 0 Å². The predicted molar refractivity (Wildman–Crippen MR) is 95.3 cm³/mol. The van der Waals surface area contributed by atoms with E-state index in [1.165, 1.54) is 77.0 Å². The van der Waals surface area contributed by atoms with Gasteiger partial charge in [0.2, 0.25) is 0 Å². The molecule has 0 amide bonds. The summed E-state index contributed by atoms with van der Waals surface area (Å²) in [5.41, 5.74) is 0. The van der Waals surface area contributed by atoms with Crippen LogP contribution in [0, 0.1) is 0 Å². The average molecular weight is 382 g/mol. The minimum atomic E-state index is -0.784. The van der Waals surface area contributed by atoms with Crippen molar-refractivity contribution in [2.45, 2.75) is 108 Å². The maximum Gasteiger partial charge on any atom is 0.316 e. The molecule has 0 bridgehead atoms. The number of carboxylic acids is 1. The fraction of sp³-hybridized carbons (Fsp3) is 0.944. The van der Waals surface area contributed by atoms with Crippen molar-refractivity contribution in [2.75, 3.05) is 0 Å². The number of carbonyl (C=O) groups is 1. The van der Waals surface area contributed by atoms with Gasteiger partial charge in [0.25, 0.3) is 0 Å².